The van der Waals surface area contributed by atoms with Crippen LogP contribution in [0.3, 0.4) is 0 Å². The molecule has 1 aliphatic rings. The molecule has 7 atom stereocenters. The average molecular weight is 888 g/mol. The molecule has 1 aromatic carbocycles. The van der Waals surface area contributed by atoms with E-state index in [-0.39, 0.29) is 24.5 Å². The number of phenolic OH excluding ortho intramolecular Hbond substituents is 1. The number of aromatic hydroxyl groups is 1. The van der Waals surface area contributed by atoms with Crippen molar-refractivity contribution in [3.05, 3.63) is 29.8 Å². The van der Waals surface area contributed by atoms with Gasteiger partial charge < -0.3 is 64.0 Å². The van der Waals surface area contributed by atoms with Gasteiger partial charge in [0.25, 0.3) is 0 Å². The second-order valence-electron chi connectivity index (χ2n) is 15.8. The van der Waals surface area contributed by atoms with Gasteiger partial charge in [-0.05, 0) is 49.3 Å². The van der Waals surface area contributed by atoms with E-state index in [1.807, 2.05) is 0 Å². The molecule has 1 heterocycles. The van der Waals surface area contributed by atoms with Crippen LogP contribution in [0, 0.1) is 11.8 Å². The number of nitrogens with two attached hydrogens (primary N) is 2. The molecule has 0 bridgehead atoms. The van der Waals surface area contributed by atoms with Gasteiger partial charge in [0.05, 0.1) is 26.1 Å². The smallest absolute Gasteiger partial charge is 0.245 e. The molecule has 0 unspecified atom stereocenters. The van der Waals surface area contributed by atoms with E-state index in [0.717, 1.165) is 4.90 Å². The summed E-state index contributed by atoms with van der Waals surface area (Å²) in [5.41, 5.74) is 11.0. The second kappa shape index (κ2) is 25.2. The molecule has 0 radical (unpaired) electrons. The van der Waals surface area contributed by atoms with Crippen molar-refractivity contribution in [3.63, 3.8) is 0 Å². The zero-order valence-corrected chi connectivity index (χ0v) is 36.3. The van der Waals surface area contributed by atoms with Gasteiger partial charge in [-0.15, -0.1) is 0 Å². The van der Waals surface area contributed by atoms with Crippen LogP contribution in [-0.4, -0.2) is 138 Å². The van der Waals surface area contributed by atoms with Crippen LogP contribution in [0.15, 0.2) is 24.3 Å². The lowest BCUT2D eigenvalue weighted by Crippen LogP contribution is -2.60. The van der Waals surface area contributed by atoms with E-state index in [1.165, 1.54) is 38.2 Å². The maximum absolute atomic E-state index is 13.9. The molecule has 1 aromatic rings. The summed E-state index contributed by atoms with van der Waals surface area (Å²) < 4.78 is 0. The zero-order valence-electron chi connectivity index (χ0n) is 36.3. The minimum absolute atomic E-state index is 0.0460. The molecular weight excluding hydrogens is 827 g/mol. The number of hydrogen-bond donors (Lipinski definition) is 11. The minimum Gasteiger partial charge on any atom is -0.508 e. The first kappa shape index (κ1) is 52.3. The number of likely N-dealkylation sites (N-methyl/N-ethyl adjacent to an activating group) is 1. The molecule has 0 saturated carbocycles. The Morgan fingerprint density at radius 2 is 1.46 bits per heavy atom. The Bertz CT molecular complexity index is 1860. The molecule has 1 fully saturated rings. The molecule has 63 heavy (non-hydrogen) atoms. The Hall–Kier alpha value is -6.81. The predicted molar refractivity (Wildman–Crippen MR) is 224 cm³/mol. The van der Waals surface area contributed by atoms with E-state index in [2.05, 4.69) is 42.5 Å². The van der Waals surface area contributed by atoms with Crippen molar-refractivity contribution in [3.8, 4) is 5.75 Å². The van der Waals surface area contributed by atoms with E-state index in [1.54, 1.807) is 27.7 Å². The molecule has 2 rings (SSSR count). The highest BCUT2D eigenvalue weighted by Gasteiger charge is 2.35. The molecule has 0 spiro atoms. The summed E-state index contributed by atoms with van der Waals surface area (Å²) in [6.07, 6.45) is -1.27. The summed E-state index contributed by atoms with van der Waals surface area (Å²) in [4.78, 5) is 145. The number of nitrogens with zero attached hydrogens (tertiary/aromatic N) is 1. The number of nitrogens with one attached hydrogen (secondary N) is 8. The fraction of sp³-hybridized carbons (Fsp3) is 0.575. The second-order valence-corrected chi connectivity index (χ2v) is 15.8. The molecule has 13 N–H and O–H groups in total. The van der Waals surface area contributed by atoms with Gasteiger partial charge in [-0.25, -0.2) is 0 Å². The highest BCUT2D eigenvalue weighted by Crippen LogP contribution is 2.14. The first-order valence-electron chi connectivity index (χ1n) is 20.4. The standard InChI is InChI=1S/C40H61N11O12/c1-7-21(4)34-39(62)45-22(5)35(58)49-28(16-29(41)53)37(60)48-25(40(63)51(6)19-33(57)47-26(14-20(2)3)36(59)44-17-30(42)54)12-13-31(55)43-18-32(56)46-27(38(61)50-34)15-23-8-10-24(52)11-9-23/h8-11,20-22,25-28,34,52H,7,12-19H2,1-6H3,(H2,41,53)(H2,42,54)(H,43,55)(H,44,59)(H,45,62)(H,46,56)(H,47,57)(H,48,60)(H,49,58)(H,50,61)/t21-,22-,25-,26-,27-,28-,34-/m0/s1. The third-order valence-electron chi connectivity index (χ3n) is 9.88. The van der Waals surface area contributed by atoms with Crippen molar-refractivity contribution in [2.75, 3.05) is 26.7 Å². The largest absolute Gasteiger partial charge is 0.508 e. The van der Waals surface area contributed by atoms with Crippen molar-refractivity contribution >= 4 is 65.0 Å². The summed E-state index contributed by atoms with van der Waals surface area (Å²) in [6, 6.07) is -2.51. The highest BCUT2D eigenvalue weighted by atomic mass is 16.3. The molecule has 1 aliphatic heterocycles. The van der Waals surface area contributed by atoms with Crippen molar-refractivity contribution < 1.29 is 57.8 Å². The molecule has 11 amide bonds. The fourth-order valence-electron chi connectivity index (χ4n) is 6.23. The lowest BCUT2D eigenvalue weighted by molar-refractivity contribution is -0.140. The van der Waals surface area contributed by atoms with Crippen LogP contribution in [0.1, 0.15) is 72.3 Å². The van der Waals surface area contributed by atoms with Gasteiger partial charge in [0, 0.05) is 19.9 Å². The van der Waals surface area contributed by atoms with Crippen LogP contribution in [0.4, 0.5) is 0 Å². The third-order valence-corrected chi connectivity index (χ3v) is 9.88. The third kappa shape index (κ3) is 18.4. The van der Waals surface area contributed by atoms with Gasteiger partial charge in [-0.2, -0.15) is 0 Å². The monoisotopic (exact) mass is 887 g/mol. The summed E-state index contributed by atoms with van der Waals surface area (Å²) in [5, 5.41) is 29.4. The molecule has 23 nitrogen and oxygen atoms in total. The number of carbonyl (C=O) groups excluding carboxylic acids is 11. The van der Waals surface area contributed by atoms with Crippen LogP contribution in [0.2, 0.25) is 0 Å². The fourth-order valence-corrected chi connectivity index (χ4v) is 6.23. The number of carbonyl (C=O) groups is 11. The predicted octanol–water partition coefficient (Wildman–Crippen LogP) is -4.20. The number of amides is 11. The number of benzene rings is 1. The molecule has 23 heteroatoms. The summed E-state index contributed by atoms with van der Waals surface area (Å²) in [6.45, 7) is 6.48. The Labute approximate surface area is 364 Å². The Balaban J connectivity index is 2.48. The van der Waals surface area contributed by atoms with Gasteiger partial charge in [0.1, 0.15) is 42.0 Å². The summed E-state index contributed by atoms with van der Waals surface area (Å²) >= 11 is 0. The van der Waals surface area contributed by atoms with Gasteiger partial charge in [0.2, 0.25) is 65.0 Å². The van der Waals surface area contributed by atoms with E-state index in [9.17, 15) is 57.8 Å². The van der Waals surface area contributed by atoms with E-state index >= 15 is 0 Å². The first-order valence-corrected chi connectivity index (χ1v) is 20.4. The number of phenols is 1. The summed E-state index contributed by atoms with van der Waals surface area (Å²) in [7, 11) is 1.20. The van der Waals surface area contributed by atoms with Gasteiger partial charge in [-0.3, -0.25) is 52.7 Å². The molecule has 0 aliphatic carbocycles. The Kier molecular flexibility index (Phi) is 20.9. The Morgan fingerprint density at radius 3 is 2.05 bits per heavy atom. The lowest BCUT2D eigenvalue weighted by atomic mass is 9.96. The van der Waals surface area contributed by atoms with E-state index in [0.29, 0.717) is 12.0 Å². The first-order chi connectivity index (χ1) is 29.5. The minimum atomic E-state index is -1.71. The van der Waals surface area contributed by atoms with Crippen molar-refractivity contribution in [1.82, 2.24) is 47.4 Å². The van der Waals surface area contributed by atoms with E-state index in [4.69, 9.17) is 11.5 Å². The van der Waals surface area contributed by atoms with Crippen LogP contribution in [0.5, 0.6) is 5.75 Å². The number of rotatable bonds is 15. The lowest BCUT2D eigenvalue weighted by Gasteiger charge is -2.29. The van der Waals surface area contributed by atoms with Crippen molar-refractivity contribution in [2.24, 2.45) is 23.3 Å². The molecule has 1 saturated heterocycles. The highest BCUT2D eigenvalue weighted by molar-refractivity contribution is 5.99. The quantitative estimate of drug-likeness (QED) is 0.0799. The van der Waals surface area contributed by atoms with Gasteiger partial charge in [-0.1, -0.05) is 46.2 Å². The maximum atomic E-state index is 13.9. The van der Waals surface area contributed by atoms with Crippen LogP contribution >= 0.6 is 0 Å². The topological polar surface area (TPSA) is 360 Å². The number of hydrogen-bond acceptors (Lipinski definition) is 12. The van der Waals surface area contributed by atoms with Crippen LogP contribution < -0.4 is 54.0 Å². The van der Waals surface area contributed by atoms with Gasteiger partial charge in [0.15, 0.2) is 0 Å². The SMILES string of the molecule is CC[C@H](C)[C@@H]1NC(=O)[C@H](Cc2ccc(O)cc2)NC(=O)CNC(=O)CC[C@@H](C(=O)N(C)CC(=O)N[C@@H](CC(C)C)C(=O)NCC(N)=O)NC(=O)[C@H](CC(N)=O)NC(=O)[C@H](C)NC1=O. The molecular formula is C40H61N11O12. The number of primary amides is 2. The van der Waals surface area contributed by atoms with E-state index < -0.39 is 146 Å². The van der Waals surface area contributed by atoms with Crippen LogP contribution in [0.25, 0.3) is 0 Å². The maximum Gasteiger partial charge on any atom is 0.245 e. The molecule has 0 aromatic heterocycles. The zero-order chi connectivity index (χ0) is 47.6. The van der Waals surface area contributed by atoms with Crippen molar-refractivity contribution in [1.29, 1.82) is 0 Å². The molecule has 348 valence electrons. The van der Waals surface area contributed by atoms with Crippen molar-refractivity contribution in [2.45, 2.75) is 109 Å². The van der Waals surface area contributed by atoms with Gasteiger partial charge >= 0.3 is 0 Å². The summed E-state index contributed by atoms with van der Waals surface area (Å²) in [5.74, 6) is -10.2. The van der Waals surface area contributed by atoms with Crippen LogP contribution in [-0.2, 0) is 59.2 Å². The normalized spacial score (nSPS) is 21.7. The Morgan fingerprint density at radius 1 is 0.825 bits per heavy atom. The average Bonchev–Trinajstić information content (AvgIpc) is 3.20.